The second-order valence-electron chi connectivity index (χ2n) is 4.98. The maximum atomic E-state index is 12.8. The molecule has 114 valence electrons. The Bertz CT molecular complexity index is 714. The van der Waals surface area contributed by atoms with Crippen molar-refractivity contribution in [2.45, 2.75) is 5.37 Å². The number of carboxylic acids is 1. The predicted octanol–water partition coefficient (Wildman–Crippen LogP) is 0.389. The minimum Gasteiger partial charge on any atom is -1.00 e. The van der Waals surface area contributed by atoms with Crippen LogP contribution in [0.4, 0.5) is 0 Å². The molecule has 0 bridgehead atoms. The third kappa shape index (κ3) is 3.80. The van der Waals surface area contributed by atoms with E-state index in [1.807, 2.05) is 30.3 Å². The van der Waals surface area contributed by atoms with Crippen molar-refractivity contribution in [2.75, 3.05) is 12.3 Å². The molecule has 6 heteroatoms. The zero-order chi connectivity index (χ0) is 15.5. The fraction of sp³-hybridized carbons (Fsp3) is 0.176. The molecule has 0 saturated carbocycles. The van der Waals surface area contributed by atoms with E-state index in [1.165, 1.54) is 6.07 Å². The monoisotopic (exact) mass is 337 g/mol. The Hall–Kier alpha value is -1.27. The molecule has 3 rings (SSSR count). The van der Waals surface area contributed by atoms with Crippen molar-refractivity contribution in [3.8, 4) is 0 Å². The number of thioether (sulfide) groups is 1. The molecular weight excluding hydrogens is 321 g/mol. The molecule has 1 N–H and O–H groups in total. The van der Waals surface area contributed by atoms with E-state index in [1.54, 1.807) is 34.9 Å². The average Bonchev–Trinajstić information content (AvgIpc) is 3.04. The van der Waals surface area contributed by atoms with E-state index in [-0.39, 0.29) is 53.4 Å². The Morgan fingerprint density at radius 2 is 1.65 bits per heavy atom. The van der Waals surface area contributed by atoms with E-state index in [0.717, 1.165) is 11.3 Å². The number of aromatic carboxylic acids is 1. The van der Waals surface area contributed by atoms with Crippen LogP contribution in [-0.2, 0) is 0 Å². The van der Waals surface area contributed by atoms with Crippen LogP contribution in [0.5, 0.6) is 0 Å². The Labute approximate surface area is 162 Å². The molecule has 1 amide bonds. The number of hydrogen-bond acceptors (Lipinski definition) is 3. The Morgan fingerprint density at radius 1 is 1.04 bits per heavy atom. The minimum atomic E-state index is -1.08. The van der Waals surface area contributed by atoms with Crippen LogP contribution in [0.25, 0.3) is 0 Å². The van der Waals surface area contributed by atoms with Crippen LogP contribution in [-0.4, -0.2) is 34.2 Å². The number of carbonyl (C=O) groups is 2. The van der Waals surface area contributed by atoms with Gasteiger partial charge in [0.15, 0.2) is 0 Å². The molecule has 0 spiro atoms. The van der Waals surface area contributed by atoms with E-state index in [0.29, 0.717) is 6.54 Å². The average molecular weight is 337 g/mol. The summed E-state index contributed by atoms with van der Waals surface area (Å²) in [5, 5.41) is 9.20. The van der Waals surface area contributed by atoms with E-state index in [2.05, 4.69) is 0 Å². The molecule has 1 aliphatic rings. The molecule has 0 radical (unpaired) electrons. The molecule has 1 aliphatic heterocycles. The van der Waals surface area contributed by atoms with E-state index in [4.69, 9.17) is 0 Å². The number of carbonyl (C=O) groups excluding carboxylic acids is 1. The summed E-state index contributed by atoms with van der Waals surface area (Å²) in [6.07, 6.45) is 0. The summed E-state index contributed by atoms with van der Waals surface area (Å²) < 4.78 is 0. The number of hydrogen-bond donors (Lipinski definition) is 1. The number of rotatable bonds is 3. The number of nitrogens with zero attached hydrogens (tertiary/aromatic N) is 1. The van der Waals surface area contributed by atoms with Gasteiger partial charge in [-0.05, 0) is 17.7 Å². The fourth-order valence-electron chi connectivity index (χ4n) is 2.58. The van der Waals surface area contributed by atoms with Gasteiger partial charge in [0.1, 0.15) is 5.37 Å². The molecule has 0 aromatic heterocycles. The van der Waals surface area contributed by atoms with Crippen molar-refractivity contribution in [1.29, 1.82) is 0 Å². The summed E-state index contributed by atoms with van der Waals surface area (Å²) in [7, 11) is 0. The molecule has 1 atom stereocenters. The smallest absolute Gasteiger partial charge is 1.00 e. The first-order valence-electron chi connectivity index (χ1n) is 6.98. The van der Waals surface area contributed by atoms with E-state index < -0.39 is 5.97 Å². The zero-order valence-corrected chi connectivity index (χ0v) is 15.6. The maximum Gasteiger partial charge on any atom is 1.00 e. The van der Waals surface area contributed by atoms with Crippen molar-refractivity contribution in [3.63, 3.8) is 0 Å². The van der Waals surface area contributed by atoms with Gasteiger partial charge in [-0.2, -0.15) is 0 Å². The standard InChI is InChI=1S/C17H15NO3S.Na.H/c19-15(13-8-4-5-9-14(13)17(20)21)18-10-11-22-16(18)12-6-2-1-3-7-12;;/h1-9,16H,10-11H2,(H,20,21);;/q;+1;-1. The molecule has 1 heterocycles. The van der Waals surface area contributed by atoms with Crippen molar-refractivity contribution in [2.24, 2.45) is 0 Å². The molecular formula is C17H16NNaO3S. The van der Waals surface area contributed by atoms with Gasteiger partial charge >= 0.3 is 35.5 Å². The summed E-state index contributed by atoms with van der Waals surface area (Å²) in [6, 6.07) is 16.2. The predicted molar refractivity (Wildman–Crippen MR) is 87.2 cm³/mol. The first kappa shape index (κ1) is 18.1. The molecule has 1 unspecified atom stereocenters. The third-order valence-electron chi connectivity index (χ3n) is 3.62. The van der Waals surface area contributed by atoms with Gasteiger partial charge in [0.2, 0.25) is 0 Å². The topological polar surface area (TPSA) is 57.6 Å². The minimum absolute atomic E-state index is 0. The van der Waals surface area contributed by atoms with Crippen LogP contribution in [0.15, 0.2) is 54.6 Å². The number of carboxylic acid groups (broad SMARTS) is 1. The Balaban J connectivity index is 0.00000144. The molecule has 1 fully saturated rings. The van der Waals surface area contributed by atoms with Crippen molar-refractivity contribution in [3.05, 3.63) is 71.3 Å². The molecule has 23 heavy (non-hydrogen) atoms. The summed E-state index contributed by atoms with van der Waals surface area (Å²) in [5.41, 5.74) is 1.36. The van der Waals surface area contributed by atoms with E-state index in [9.17, 15) is 14.7 Å². The van der Waals surface area contributed by atoms with Crippen molar-refractivity contribution >= 4 is 23.6 Å². The van der Waals surface area contributed by atoms with Crippen molar-refractivity contribution in [1.82, 2.24) is 4.90 Å². The maximum absolute atomic E-state index is 12.8. The van der Waals surface area contributed by atoms with Gasteiger partial charge < -0.3 is 11.4 Å². The fourth-order valence-corrected chi connectivity index (χ4v) is 3.84. The molecule has 1 saturated heterocycles. The summed E-state index contributed by atoms with van der Waals surface area (Å²) in [6.45, 7) is 0.622. The van der Waals surface area contributed by atoms with Crippen LogP contribution >= 0.6 is 11.8 Å². The molecule has 2 aromatic rings. The van der Waals surface area contributed by atoms with Crippen LogP contribution in [0.2, 0.25) is 0 Å². The Kier molecular flexibility index (Phi) is 6.30. The summed E-state index contributed by atoms with van der Waals surface area (Å²) in [5.74, 6) is -0.454. The van der Waals surface area contributed by atoms with Gasteiger partial charge in [-0.25, -0.2) is 4.79 Å². The molecule has 2 aromatic carbocycles. The second-order valence-corrected chi connectivity index (χ2v) is 6.17. The SMILES string of the molecule is O=C(O)c1ccccc1C(=O)N1CCSC1c1ccccc1.[H-].[Na+]. The first-order chi connectivity index (χ1) is 10.7. The molecule has 0 aliphatic carbocycles. The second kappa shape index (κ2) is 8.02. The van der Waals surface area contributed by atoms with E-state index >= 15 is 0 Å². The summed E-state index contributed by atoms with van der Waals surface area (Å²) in [4.78, 5) is 25.9. The van der Waals surface area contributed by atoms with Crippen LogP contribution < -0.4 is 29.6 Å². The van der Waals surface area contributed by atoms with Gasteiger partial charge in [0.25, 0.3) is 5.91 Å². The number of amides is 1. The Morgan fingerprint density at radius 3 is 2.30 bits per heavy atom. The van der Waals surface area contributed by atoms with Crippen LogP contribution in [0.1, 0.15) is 33.1 Å². The van der Waals surface area contributed by atoms with Gasteiger partial charge in [-0.1, -0.05) is 42.5 Å². The van der Waals surface area contributed by atoms with Gasteiger partial charge in [-0.15, -0.1) is 11.8 Å². The number of benzene rings is 2. The van der Waals surface area contributed by atoms with Gasteiger partial charge in [0, 0.05) is 12.3 Å². The normalized spacial score (nSPS) is 16.7. The quantitative estimate of drug-likeness (QED) is 0.824. The third-order valence-corrected chi connectivity index (χ3v) is 4.89. The van der Waals surface area contributed by atoms with Crippen molar-refractivity contribution < 1.29 is 45.7 Å². The van der Waals surface area contributed by atoms with Crippen LogP contribution in [0, 0.1) is 0 Å². The van der Waals surface area contributed by atoms with Gasteiger partial charge in [0.05, 0.1) is 11.1 Å². The molecule has 4 nitrogen and oxygen atoms in total. The largest absolute Gasteiger partial charge is 1.00 e. The van der Waals surface area contributed by atoms with Crippen LogP contribution in [0.3, 0.4) is 0 Å². The summed E-state index contributed by atoms with van der Waals surface area (Å²) >= 11 is 1.70. The zero-order valence-electron chi connectivity index (χ0n) is 13.8. The first-order valence-corrected chi connectivity index (χ1v) is 8.03. The van der Waals surface area contributed by atoms with Gasteiger partial charge in [-0.3, -0.25) is 4.79 Å².